The van der Waals surface area contributed by atoms with Gasteiger partial charge in [0.05, 0.1) is 22.1 Å². The molecule has 0 unspecified atom stereocenters. The minimum atomic E-state index is -3.49. The maximum atomic E-state index is 12.4. The van der Waals surface area contributed by atoms with E-state index in [1.807, 2.05) is 48.7 Å². The van der Waals surface area contributed by atoms with E-state index in [1.165, 1.54) is 0 Å². The van der Waals surface area contributed by atoms with Crippen molar-refractivity contribution in [1.29, 1.82) is 0 Å². The topological polar surface area (TPSA) is 59.1 Å². The minimum Gasteiger partial charge on any atom is -0.283 e. The van der Waals surface area contributed by atoms with Gasteiger partial charge in [0.1, 0.15) is 0 Å². The first-order valence-corrected chi connectivity index (χ1v) is 9.63. The van der Waals surface area contributed by atoms with Crippen molar-refractivity contribution in [1.82, 2.24) is 4.98 Å². The van der Waals surface area contributed by atoms with Crippen LogP contribution in [0.5, 0.6) is 0 Å². The molecule has 2 aromatic carbocycles. The number of para-hydroxylation sites is 1. The van der Waals surface area contributed by atoms with Gasteiger partial charge in [-0.25, -0.2) is 13.4 Å². The van der Waals surface area contributed by atoms with Crippen LogP contribution in [0.15, 0.2) is 60.0 Å². The Hall–Kier alpha value is -2.18. The summed E-state index contributed by atoms with van der Waals surface area (Å²) in [7, 11) is -3.49. The molecule has 118 valence electrons. The molecule has 0 saturated carbocycles. The smallest absolute Gasteiger partial charge is 0.236 e. The van der Waals surface area contributed by atoms with Gasteiger partial charge in [-0.1, -0.05) is 48.5 Å². The van der Waals surface area contributed by atoms with E-state index in [1.54, 1.807) is 29.5 Å². The van der Waals surface area contributed by atoms with Gasteiger partial charge >= 0.3 is 0 Å². The Morgan fingerprint density at radius 1 is 1.04 bits per heavy atom. The van der Waals surface area contributed by atoms with Crippen molar-refractivity contribution < 1.29 is 8.42 Å². The molecule has 0 radical (unpaired) electrons. The normalized spacial score (nSPS) is 11.3. The average Bonchev–Trinajstić information content (AvgIpc) is 2.94. The number of thiazole rings is 1. The highest BCUT2D eigenvalue weighted by atomic mass is 32.2. The maximum absolute atomic E-state index is 12.4. The predicted molar refractivity (Wildman–Crippen MR) is 95.0 cm³/mol. The number of benzene rings is 2. The van der Waals surface area contributed by atoms with Gasteiger partial charge in [0, 0.05) is 10.9 Å². The van der Waals surface area contributed by atoms with E-state index < -0.39 is 10.0 Å². The quantitative estimate of drug-likeness (QED) is 0.759. The van der Waals surface area contributed by atoms with Crippen molar-refractivity contribution >= 4 is 27.0 Å². The van der Waals surface area contributed by atoms with Crippen LogP contribution in [0.1, 0.15) is 10.6 Å². The third-order valence-electron chi connectivity index (χ3n) is 3.29. The first kappa shape index (κ1) is 15.7. The molecule has 0 aliphatic carbocycles. The van der Waals surface area contributed by atoms with E-state index in [2.05, 4.69) is 9.71 Å². The SMILES string of the molecule is Cc1nc(-c2ccccc2NS(=O)(=O)Cc2ccccc2)cs1. The van der Waals surface area contributed by atoms with Gasteiger partial charge in [0.2, 0.25) is 10.0 Å². The van der Waals surface area contributed by atoms with Gasteiger partial charge in [-0.15, -0.1) is 11.3 Å². The Labute approximate surface area is 139 Å². The highest BCUT2D eigenvalue weighted by Gasteiger charge is 2.15. The number of anilines is 1. The zero-order valence-corrected chi connectivity index (χ0v) is 14.2. The molecule has 0 saturated heterocycles. The van der Waals surface area contributed by atoms with Crippen LogP contribution in [0.2, 0.25) is 0 Å². The molecule has 0 aliphatic heterocycles. The second-order valence-electron chi connectivity index (χ2n) is 5.14. The molecular formula is C17H16N2O2S2. The number of sulfonamides is 1. The largest absolute Gasteiger partial charge is 0.283 e. The molecule has 0 spiro atoms. The number of hydrogen-bond donors (Lipinski definition) is 1. The monoisotopic (exact) mass is 344 g/mol. The average molecular weight is 344 g/mol. The zero-order valence-electron chi connectivity index (χ0n) is 12.6. The van der Waals surface area contributed by atoms with E-state index in [0.717, 1.165) is 21.8 Å². The zero-order chi connectivity index (χ0) is 16.3. The summed E-state index contributed by atoms with van der Waals surface area (Å²) in [5, 5.41) is 2.88. The Kier molecular flexibility index (Phi) is 4.45. The Morgan fingerprint density at radius 3 is 2.43 bits per heavy atom. The summed E-state index contributed by atoms with van der Waals surface area (Å²) in [4.78, 5) is 4.44. The lowest BCUT2D eigenvalue weighted by Crippen LogP contribution is -2.15. The molecule has 1 N–H and O–H groups in total. The summed E-state index contributed by atoms with van der Waals surface area (Å²) in [6.07, 6.45) is 0. The first-order chi connectivity index (χ1) is 11.0. The second-order valence-corrected chi connectivity index (χ2v) is 7.93. The second kappa shape index (κ2) is 6.52. The molecular weight excluding hydrogens is 328 g/mol. The van der Waals surface area contributed by atoms with Gasteiger partial charge in [-0.3, -0.25) is 4.72 Å². The van der Waals surface area contributed by atoms with Crippen LogP contribution in [-0.2, 0) is 15.8 Å². The van der Waals surface area contributed by atoms with Crippen LogP contribution in [0, 0.1) is 6.92 Å². The van der Waals surface area contributed by atoms with E-state index in [-0.39, 0.29) is 5.75 Å². The molecule has 6 heteroatoms. The van der Waals surface area contributed by atoms with E-state index in [4.69, 9.17) is 0 Å². The molecule has 1 aromatic heterocycles. The number of aryl methyl sites for hydroxylation is 1. The minimum absolute atomic E-state index is 0.0573. The van der Waals surface area contributed by atoms with Gasteiger partial charge < -0.3 is 0 Å². The predicted octanol–water partition coefficient (Wildman–Crippen LogP) is 4.06. The lowest BCUT2D eigenvalue weighted by molar-refractivity contribution is 0.600. The summed E-state index contributed by atoms with van der Waals surface area (Å²) in [6.45, 7) is 1.93. The van der Waals surface area contributed by atoms with Crippen molar-refractivity contribution in [3.8, 4) is 11.3 Å². The van der Waals surface area contributed by atoms with Crippen molar-refractivity contribution in [3.63, 3.8) is 0 Å². The number of hydrogen-bond acceptors (Lipinski definition) is 4. The third-order valence-corrected chi connectivity index (χ3v) is 5.30. The number of rotatable bonds is 5. The van der Waals surface area contributed by atoms with Crippen LogP contribution in [0.3, 0.4) is 0 Å². The molecule has 0 bridgehead atoms. The molecule has 0 aliphatic rings. The Bertz CT molecular complexity index is 903. The van der Waals surface area contributed by atoms with E-state index in [9.17, 15) is 8.42 Å². The molecule has 0 atom stereocenters. The number of nitrogens with one attached hydrogen (secondary N) is 1. The van der Waals surface area contributed by atoms with Gasteiger partial charge in [0.15, 0.2) is 0 Å². The first-order valence-electron chi connectivity index (χ1n) is 7.09. The van der Waals surface area contributed by atoms with Crippen LogP contribution in [0.4, 0.5) is 5.69 Å². The van der Waals surface area contributed by atoms with Crippen molar-refractivity contribution in [2.24, 2.45) is 0 Å². The maximum Gasteiger partial charge on any atom is 0.236 e. The van der Waals surface area contributed by atoms with Crippen molar-refractivity contribution in [3.05, 3.63) is 70.5 Å². The Morgan fingerprint density at radius 2 is 1.74 bits per heavy atom. The third kappa shape index (κ3) is 3.97. The summed E-state index contributed by atoms with van der Waals surface area (Å²) in [5.41, 5.74) is 2.87. The molecule has 23 heavy (non-hydrogen) atoms. The summed E-state index contributed by atoms with van der Waals surface area (Å²) in [6, 6.07) is 16.4. The van der Waals surface area contributed by atoms with Crippen molar-refractivity contribution in [2.75, 3.05) is 4.72 Å². The molecule has 3 rings (SSSR count). The number of nitrogens with zero attached hydrogens (tertiary/aromatic N) is 1. The Balaban J connectivity index is 1.88. The fourth-order valence-electron chi connectivity index (χ4n) is 2.28. The van der Waals surface area contributed by atoms with Gasteiger partial charge in [-0.2, -0.15) is 0 Å². The highest BCUT2D eigenvalue weighted by molar-refractivity contribution is 7.91. The lowest BCUT2D eigenvalue weighted by atomic mass is 10.1. The summed E-state index contributed by atoms with van der Waals surface area (Å²) in [5.74, 6) is -0.0573. The van der Waals surface area contributed by atoms with Crippen molar-refractivity contribution in [2.45, 2.75) is 12.7 Å². The molecule has 3 aromatic rings. The van der Waals surface area contributed by atoms with Crippen LogP contribution in [0.25, 0.3) is 11.3 Å². The fraction of sp³-hybridized carbons (Fsp3) is 0.118. The summed E-state index contributed by atoms with van der Waals surface area (Å²) >= 11 is 1.54. The van der Waals surface area contributed by atoms with Gasteiger partial charge in [0.25, 0.3) is 0 Å². The van der Waals surface area contributed by atoms with E-state index in [0.29, 0.717) is 5.69 Å². The number of aromatic nitrogens is 1. The molecule has 4 nitrogen and oxygen atoms in total. The molecule has 0 amide bonds. The van der Waals surface area contributed by atoms with E-state index >= 15 is 0 Å². The summed E-state index contributed by atoms with van der Waals surface area (Å²) < 4.78 is 27.5. The van der Waals surface area contributed by atoms with Crippen LogP contribution >= 0.6 is 11.3 Å². The standard InChI is InChI=1S/C17H16N2O2S2/c1-13-18-17(11-22-13)15-9-5-6-10-16(15)19-23(20,21)12-14-7-3-2-4-8-14/h2-11,19H,12H2,1H3. The van der Waals surface area contributed by atoms with Crippen LogP contribution in [-0.4, -0.2) is 13.4 Å². The fourth-order valence-corrected chi connectivity index (χ4v) is 4.11. The molecule has 1 heterocycles. The lowest BCUT2D eigenvalue weighted by Gasteiger charge is -2.11. The highest BCUT2D eigenvalue weighted by Crippen LogP contribution is 2.29. The van der Waals surface area contributed by atoms with Crippen LogP contribution < -0.4 is 4.72 Å². The molecule has 0 fully saturated rings. The van der Waals surface area contributed by atoms with Gasteiger partial charge in [-0.05, 0) is 18.6 Å².